The Morgan fingerprint density at radius 2 is 2.09 bits per heavy atom. The fraction of sp³-hybridized carbons (Fsp3) is 0.588. The molecule has 0 radical (unpaired) electrons. The molecule has 1 atom stereocenters. The topological polar surface area (TPSA) is 41.6 Å². The summed E-state index contributed by atoms with van der Waals surface area (Å²) >= 11 is 5.79. The summed E-state index contributed by atoms with van der Waals surface area (Å²) < 4.78 is 18.4. The van der Waals surface area contributed by atoms with Crippen LogP contribution in [0.15, 0.2) is 18.2 Å². The maximum absolute atomic E-state index is 13.1. The van der Waals surface area contributed by atoms with Crippen molar-refractivity contribution in [1.82, 2.24) is 10.2 Å². The van der Waals surface area contributed by atoms with Crippen LogP contribution in [-0.2, 0) is 4.74 Å². The summed E-state index contributed by atoms with van der Waals surface area (Å²) in [5.74, 6) is -0.415. The van der Waals surface area contributed by atoms with Crippen LogP contribution in [0.5, 0.6) is 0 Å². The molecule has 0 aromatic heterocycles. The lowest BCUT2D eigenvalue weighted by Gasteiger charge is -2.24. The Hall–Kier alpha value is -1.33. The molecule has 1 N–H and O–H groups in total. The van der Waals surface area contributed by atoms with Gasteiger partial charge in [0.15, 0.2) is 0 Å². The standard InChI is InChI=1S/C17H26ClFN2O2/c1-12(13-7-8-15(19)14(18)11-13)20-9-6-10-21(5)16(22)23-17(2,3)4/h7-8,11-12,20H,6,9-10H2,1-5H3. The van der Waals surface area contributed by atoms with E-state index in [1.807, 2.05) is 27.7 Å². The first-order valence-corrected chi connectivity index (χ1v) is 8.10. The molecule has 0 saturated heterocycles. The highest BCUT2D eigenvalue weighted by molar-refractivity contribution is 6.30. The molecule has 0 heterocycles. The fourth-order valence-electron chi connectivity index (χ4n) is 1.97. The van der Waals surface area contributed by atoms with E-state index in [9.17, 15) is 9.18 Å². The number of hydrogen-bond donors (Lipinski definition) is 1. The normalized spacial score (nSPS) is 12.8. The van der Waals surface area contributed by atoms with Crippen molar-refractivity contribution in [3.63, 3.8) is 0 Å². The Morgan fingerprint density at radius 1 is 1.43 bits per heavy atom. The molecule has 130 valence electrons. The minimum Gasteiger partial charge on any atom is -0.444 e. The molecule has 1 amide bonds. The van der Waals surface area contributed by atoms with Gasteiger partial charge >= 0.3 is 6.09 Å². The SMILES string of the molecule is CC(NCCCN(C)C(=O)OC(C)(C)C)c1ccc(F)c(Cl)c1. The highest BCUT2D eigenvalue weighted by Gasteiger charge is 2.19. The molecule has 0 saturated carbocycles. The first kappa shape index (κ1) is 19.7. The summed E-state index contributed by atoms with van der Waals surface area (Å²) in [6.45, 7) is 8.84. The number of rotatable bonds is 6. The third-order valence-corrected chi connectivity index (χ3v) is 3.56. The monoisotopic (exact) mass is 344 g/mol. The molecule has 0 aliphatic heterocycles. The minimum atomic E-state index is -0.486. The number of nitrogens with zero attached hydrogens (tertiary/aromatic N) is 1. The van der Waals surface area contributed by atoms with Gasteiger partial charge in [-0.3, -0.25) is 0 Å². The number of hydrogen-bond acceptors (Lipinski definition) is 3. The van der Waals surface area contributed by atoms with Crippen molar-refractivity contribution in [2.45, 2.75) is 45.8 Å². The predicted molar refractivity (Wildman–Crippen MR) is 91.3 cm³/mol. The van der Waals surface area contributed by atoms with Gasteiger partial charge in [-0.15, -0.1) is 0 Å². The van der Waals surface area contributed by atoms with E-state index in [1.165, 1.54) is 6.07 Å². The second-order valence-electron chi connectivity index (χ2n) is 6.60. The van der Waals surface area contributed by atoms with E-state index in [1.54, 1.807) is 24.1 Å². The molecular weight excluding hydrogens is 319 g/mol. The summed E-state index contributed by atoms with van der Waals surface area (Å²) in [6, 6.07) is 4.76. The molecular formula is C17H26ClFN2O2. The van der Waals surface area contributed by atoms with Gasteiger partial charge in [0.25, 0.3) is 0 Å². The lowest BCUT2D eigenvalue weighted by molar-refractivity contribution is 0.0297. The molecule has 0 fully saturated rings. The summed E-state index contributed by atoms with van der Waals surface area (Å²) in [5, 5.41) is 3.45. The van der Waals surface area contributed by atoms with Crippen LogP contribution in [0.1, 0.15) is 45.7 Å². The van der Waals surface area contributed by atoms with Crippen molar-refractivity contribution in [3.8, 4) is 0 Å². The van der Waals surface area contributed by atoms with E-state index in [0.29, 0.717) is 6.54 Å². The molecule has 1 aromatic rings. The maximum atomic E-state index is 13.1. The highest BCUT2D eigenvalue weighted by atomic mass is 35.5. The van der Waals surface area contributed by atoms with Gasteiger partial charge in [0.1, 0.15) is 11.4 Å². The largest absolute Gasteiger partial charge is 0.444 e. The van der Waals surface area contributed by atoms with Crippen LogP contribution in [0.2, 0.25) is 5.02 Å². The lowest BCUT2D eigenvalue weighted by Crippen LogP contribution is -2.35. The second kappa shape index (κ2) is 8.50. The zero-order valence-corrected chi connectivity index (χ0v) is 15.2. The predicted octanol–water partition coefficient (Wildman–Crippen LogP) is 4.39. The van der Waals surface area contributed by atoms with E-state index in [-0.39, 0.29) is 17.2 Å². The van der Waals surface area contributed by atoms with Crippen LogP contribution in [0.25, 0.3) is 0 Å². The van der Waals surface area contributed by atoms with Crippen molar-refractivity contribution in [2.75, 3.05) is 20.1 Å². The fourth-order valence-corrected chi connectivity index (χ4v) is 2.15. The van der Waals surface area contributed by atoms with Gasteiger partial charge in [0.05, 0.1) is 5.02 Å². The van der Waals surface area contributed by atoms with Crippen molar-refractivity contribution in [1.29, 1.82) is 0 Å². The van der Waals surface area contributed by atoms with Gasteiger partial charge in [-0.2, -0.15) is 0 Å². The Bertz CT molecular complexity index is 532. The van der Waals surface area contributed by atoms with Crippen LogP contribution in [-0.4, -0.2) is 36.7 Å². The van der Waals surface area contributed by atoms with Crippen LogP contribution >= 0.6 is 11.6 Å². The van der Waals surface area contributed by atoms with Gasteiger partial charge in [-0.1, -0.05) is 17.7 Å². The molecule has 4 nitrogen and oxygen atoms in total. The summed E-state index contributed by atoms with van der Waals surface area (Å²) in [6.07, 6.45) is 0.463. The van der Waals surface area contributed by atoms with Gasteiger partial charge in [-0.25, -0.2) is 9.18 Å². The average molecular weight is 345 g/mol. The Labute approximate surface area is 142 Å². The van der Waals surface area contributed by atoms with Crippen molar-refractivity contribution < 1.29 is 13.9 Å². The van der Waals surface area contributed by atoms with Crippen LogP contribution in [0.4, 0.5) is 9.18 Å². The number of ether oxygens (including phenoxy) is 1. The third kappa shape index (κ3) is 7.18. The average Bonchev–Trinajstić information content (AvgIpc) is 2.44. The number of carbonyl (C=O) groups is 1. The molecule has 1 aromatic carbocycles. The molecule has 0 bridgehead atoms. The Morgan fingerprint density at radius 3 is 2.65 bits per heavy atom. The van der Waals surface area contributed by atoms with E-state index in [0.717, 1.165) is 18.5 Å². The van der Waals surface area contributed by atoms with Crippen molar-refractivity contribution in [2.24, 2.45) is 0 Å². The molecule has 0 spiro atoms. The number of carbonyl (C=O) groups excluding carboxylic acids is 1. The summed E-state index contributed by atoms with van der Waals surface area (Å²) in [7, 11) is 1.72. The Balaban J connectivity index is 2.33. The van der Waals surface area contributed by atoms with E-state index < -0.39 is 11.4 Å². The molecule has 0 aliphatic rings. The first-order chi connectivity index (χ1) is 10.6. The number of benzene rings is 1. The zero-order valence-electron chi connectivity index (χ0n) is 14.5. The van der Waals surface area contributed by atoms with Crippen molar-refractivity contribution in [3.05, 3.63) is 34.6 Å². The van der Waals surface area contributed by atoms with E-state index >= 15 is 0 Å². The van der Waals surface area contributed by atoms with E-state index in [2.05, 4.69) is 5.32 Å². The molecule has 6 heteroatoms. The van der Waals surface area contributed by atoms with Gasteiger partial charge < -0.3 is 15.0 Å². The number of nitrogens with one attached hydrogen (secondary N) is 1. The third-order valence-electron chi connectivity index (χ3n) is 3.27. The van der Waals surface area contributed by atoms with Crippen LogP contribution in [0.3, 0.4) is 0 Å². The lowest BCUT2D eigenvalue weighted by atomic mass is 10.1. The summed E-state index contributed by atoms with van der Waals surface area (Å²) in [4.78, 5) is 13.4. The quantitative estimate of drug-likeness (QED) is 0.778. The van der Waals surface area contributed by atoms with E-state index in [4.69, 9.17) is 16.3 Å². The van der Waals surface area contributed by atoms with Gasteiger partial charge in [-0.05, 0) is 58.4 Å². The highest BCUT2D eigenvalue weighted by Crippen LogP contribution is 2.20. The Kier molecular flexibility index (Phi) is 7.29. The van der Waals surface area contributed by atoms with Gasteiger partial charge in [0, 0.05) is 19.6 Å². The number of amides is 1. The molecule has 1 unspecified atom stereocenters. The maximum Gasteiger partial charge on any atom is 0.410 e. The van der Waals surface area contributed by atoms with Crippen LogP contribution < -0.4 is 5.32 Å². The smallest absolute Gasteiger partial charge is 0.410 e. The number of halogens is 2. The first-order valence-electron chi connectivity index (χ1n) is 7.72. The molecule has 1 rings (SSSR count). The second-order valence-corrected chi connectivity index (χ2v) is 7.01. The molecule has 0 aliphatic carbocycles. The van der Waals surface area contributed by atoms with Gasteiger partial charge in [0.2, 0.25) is 0 Å². The van der Waals surface area contributed by atoms with Crippen molar-refractivity contribution >= 4 is 17.7 Å². The minimum absolute atomic E-state index is 0.0555. The zero-order chi connectivity index (χ0) is 17.6. The summed E-state index contributed by atoms with van der Waals surface area (Å²) in [5.41, 5.74) is 0.442. The molecule has 23 heavy (non-hydrogen) atoms. The van der Waals surface area contributed by atoms with Crippen LogP contribution in [0, 0.1) is 5.82 Å².